The monoisotopic (exact) mass is 499 g/mol. The van der Waals surface area contributed by atoms with Gasteiger partial charge >= 0.3 is 0 Å². The predicted molar refractivity (Wildman–Crippen MR) is 94.9 cm³/mol. The van der Waals surface area contributed by atoms with Crippen molar-refractivity contribution in [3.63, 3.8) is 0 Å². The maximum atomic E-state index is 12.2. The van der Waals surface area contributed by atoms with Gasteiger partial charge in [-0.2, -0.15) is 11.2 Å². The van der Waals surface area contributed by atoms with Gasteiger partial charge in [-0.3, -0.25) is 14.5 Å². The minimum absolute atomic E-state index is 0. The first kappa shape index (κ1) is 24.0. The number of fused-ring (bicyclic) bond motifs is 1. The zero-order valence-corrected chi connectivity index (χ0v) is 17.9. The first-order valence-corrected chi connectivity index (χ1v) is 7.65. The van der Waals surface area contributed by atoms with Crippen LogP contribution in [0.5, 0.6) is 0 Å². The number of aromatic amines is 1. The summed E-state index contributed by atoms with van der Waals surface area (Å²) in [6.45, 7) is 3.85. The fourth-order valence-corrected chi connectivity index (χ4v) is 2.62. The van der Waals surface area contributed by atoms with Gasteiger partial charge in [0.25, 0.3) is 5.91 Å². The van der Waals surface area contributed by atoms with Crippen molar-refractivity contribution in [2.24, 2.45) is 7.05 Å². The Balaban J connectivity index is 0.00000131. The molecular weight excluding hydrogens is 484 g/mol. The molecule has 0 spiro atoms. The van der Waals surface area contributed by atoms with E-state index in [0.29, 0.717) is 17.1 Å². The Morgan fingerprint density at radius 1 is 1.14 bits per heavy atom. The number of hydrogen-bond donors (Lipinski definition) is 2. The number of carbonyl (C=O) groups is 1. The summed E-state index contributed by atoms with van der Waals surface area (Å²) in [6.07, 6.45) is 6.61. The van der Waals surface area contributed by atoms with Gasteiger partial charge in [0.1, 0.15) is 5.82 Å². The minimum atomic E-state index is -0.248. The standard InChI is InChI=1S/C18H15N6O.3Fe/c1-11-5-12(3-4-19-11)15-6-13-8-20-17(7-16(13)22-15)23-18(25)14-9-21-24(2)10-14;;;/h3-10,22H,1H2,2H3,(H,20,23,25);;;/q-1;;;. The summed E-state index contributed by atoms with van der Waals surface area (Å²) in [5.74, 6) is 0.227. The molecule has 0 saturated heterocycles. The van der Waals surface area contributed by atoms with Crippen molar-refractivity contribution < 1.29 is 56.0 Å². The summed E-state index contributed by atoms with van der Waals surface area (Å²) in [6, 6.07) is 7.63. The second-order valence-corrected chi connectivity index (χ2v) is 5.73. The first-order valence-electron chi connectivity index (χ1n) is 7.65. The topological polar surface area (TPSA) is 88.5 Å². The molecular formula is C18H15Fe3N6O-. The molecule has 0 unspecified atom stereocenters. The number of carbonyl (C=O) groups excluding carboxylic acids is 1. The molecule has 0 aliphatic rings. The van der Waals surface area contributed by atoms with E-state index in [4.69, 9.17) is 0 Å². The molecule has 4 heterocycles. The number of hydrogen-bond acceptors (Lipinski definition) is 4. The summed E-state index contributed by atoms with van der Waals surface area (Å²) >= 11 is 0. The number of aromatic nitrogens is 5. The Morgan fingerprint density at radius 3 is 2.61 bits per heavy atom. The van der Waals surface area contributed by atoms with Crippen LogP contribution in [0.25, 0.3) is 22.2 Å². The van der Waals surface area contributed by atoms with Crippen molar-refractivity contribution >= 4 is 22.6 Å². The summed E-state index contributed by atoms with van der Waals surface area (Å²) in [7, 11) is 1.76. The van der Waals surface area contributed by atoms with Gasteiger partial charge in [0.2, 0.25) is 0 Å². The molecule has 148 valence electrons. The van der Waals surface area contributed by atoms with Crippen LogP contribution in [0, 0.1) is 6.92 Å². The van der Waals surface area contributed by atoms with Gasteiger partial charge in [-0.05, 0) is 6.07 Å². The van der Waals surface area contributed by atoms with Crippen molar-refractivity contribution in [1.82, 2.24) is 24.7 Å². The van der Waals surface area contributed by atoms with E-state index in [1.54, 1.807) is 36.4 Å². The van der Waals surface area contributed by atoms with Gasteiger partial charge in [-0.15, -0.1) is 5.69 Å². The number of rotatable bonds is 3. The van der Waals surface area contributed by atoms with Crippen molar-refractivity contribution in [2.45, 2.75) is 0 Å². The molecule has 0 aliphatic carbocycles. The van der Waals surface area contributed by atoms with Gasteiger partial charge in [-0.1, -0.05) is 11.6 Å². The molecule has 4 rings (SSSR count). The third kappa shape index (κ3) is 5.06. The zero-order valence-electron chi connectivity index (χ0n) is 14.6. The van der Waals surface area contributed by atoms with E-state index in [-0.39, 0.29) is 57.1 Å². The number of pyridine rings is 2. The van der Waals surface area contributed by atoms with Crippen molar-refractivity contribution in [3.05, 3.63) is 67.2 Å². The number of anilines is 1. The maximum Gasteiger partial charge on any atom is 0.260 e. The van der Waals surface area contributed by atoms with Gasteiger partial charge in [0.05, 0.1) is 17.3 Å². The van der Waals surface area contributed by atoms with Crippen LogP contribution in [-0.4, -0.2) is 30.6 Å². The van der Waals surface area contributed by atoms with E-state index in [1.165, 1.54) is 6.20 Å². The normalized spacial score (nSPS) is 9.75. The van der Waals surface area contributed by atoms with E-state index in [1.807, 2.05) is 18.2 Å². The van der Waals surface area contributed by atoms with Crippen LogP contribution in [0.3, 0.4) is 0 Å². The molecule has 0 saturated carbocycles. The Kier molecular flexibility index (Phi) is 8.51. The summed E-state index contributed by atoms with van der Waals surface area (Å²) in [5, 5.41) is 7.73. The molecule has 0 atom stereocenters. The molecule has 10 heteroatoms. The molecule has 0 aromatic carbocycles. The number of nitrogens with zero attached hydrogens (tertiary/aromatic N) is 4. The van der Waals surface area contributed by atoms with Crippen molar-refractivity contribution in [2.75, 3.05) is 5.32 Å². The molecule has 0 bridgehead atoms. The van der Waals surface area contributed by atoms with Crippen LogP contribution in [0.4, 0.5) is 5.82 Å². The second kappa shape index (κ2) is 9.94. The Morgan fingerprint density at radius 2 is 1.93 bits per heavy atom. The molecule has 0 aliphatic heterocycles. The third-order valence-corrected chi connectivity index (χ3v) is 3.84. The number of amides is 1. The van der Waals surface area contributed by atoms with Gasteiger partial charge < -0.3 is 10.3 Å². The Labute approximate surface area is 193 Å². The van der Waals surface area contributed by atoms with Crippen LogP contribution >= 0.6 is 0 Å². The van der Waals surface area contributed by atoms with Crippen LogP contribution in [-0.2, 0) is 58.3 Å². The molecule has 4 aromatic rings. The summed E-state index contributed by atoms with van der Waals surface area (Å²) in [5.41, 5.74) is 4.01. The maximum absolute atomic E-state index is 12.2. The van der Waals surface area contributed by atoms with Crippen LogP contribution in [0.2, 0.25) is 0 Å². The average Bonchev–Trinajstić information content (AvgIpc) is 3.20. The van der Waals surface area contributed by atoms with E-state index >= 15 is 0 Å². The van der Waals surface area contributed by atoms with Gasteiger partial charge in [-0.25, -0.2) is 11.9 Å². The van der Waals surface area contributed by atoms with E-state index in [0.717, 1.165) is 22.2 Å². The molecule has 2 N–H and O–H groups in total. The molecule has 0 fully saturated rings. The van der Waals surface area contributed by atoms with Gasteiger partial charge in [0, 0.05) is 94.0 Å². The molecule has 7 nitrogen and oxygen atoms in total. The van der Waals surface area contributed by atoms with Crippen molar-refractivity contribution in [1.29, 1.82) is 0 Å². The number of aryl methyl sites for hydroxylation is 1. The third-order valence-electron chi connectivity index (χ3n) is 3.84. The molecule has 28 heavy (non-hydrogen) atoms. The van der Waals surface area contributed by atoms with E-state index in [9.17, 15) is 4.79 Å². The van der Waals surface area contributed by atoms with Crippen molar-refractivity contribution in [3.8, 4) is 11.3 Å². The van der Waals surface area contributed by atoms with E-state index in [2.05, 4.69) is 32.3 Å². The van der Waals surface area contributed by atoms with Gasteiger partial charge in [0.15, 0.2) is 0 Å². The summed E-state index contributed by atoms with van der Waals surface area (Å²) in [4.78, 5) is 23.9. The number of H-pyrrole nitrogens is 1. The zero-order chi connectivity index (χ0) is 17.4. The van der Waals surface area contributed by atoms with Crippen LogP contribution in [0.1, 0.15) is 16.1 Å². The minimum Gasteiger partial charge on any atom is -0.356 e. The fourth-order valence-electron chi connectivity index (χ4n) is 2.62. The molecule has 4 aromatic heterocycles. The Hall–Kier alpha value is -2.05. The van der Waals surface area contributed by atoms with Crippen LogP contribution < -0.4 is 5.32 Å². The number of nitrogens with one attached hydrogen (secondary N) is 2. The summed E-state index contributed by atoms with van der Waals surface area (Å²) < 4.78 is 1.58. The first-order chi connectivity index (χ1) is 12.1. The quantitative estimate of drug-likeness (QED) is 0.336. The predicted octanol–water partition coefficient (Wildman–Crippen LogP) is 2.79. The van der Waals surface area contributed by atoms with Crippen LogP contribution in [0.15, 0.2) is 49.1 Å². The van der Waals surface area contributed by atoms with E-state index < -0.39 is 0 Å². The molecule has 0 radical (unpaired) electrons. The average molecular weight is 499 g/mol. The molecule has 1 amide bonds. The second-order valence-electron chi connectivity index (χ2n) is 5.73. The SMILES string of the molecule is [CH2-]c1cc(-c2cc3cnc(NC(=O)c4cnn(C)c4)cc3[nH]2)ccn1.[Fe].[Fe].[Fe]. The Bertz CT molecular complexity index is 1090. The fraction of sp³-hybridized carbons (Fsp3) is 0.0556. The smallest absolute Gasteiger partial charge is 0.260 e. The largest absolute Gasteiger partial charge is 0.356 e.